The quantitative estimate of drug-likeness (QED) is 0.866. The van der Waals surface area contributed by atoms with Gasteiger partial charge >= 0.3 is 0 Å². The molecule has 0 aliphatic heterocycles. The summed E-state index contributed by atoms with van der Waals surface area (Å²) in [6.45, 7) is -0.0281. The molecule has 0 saturated carbocycles. The van der Waals surface area contributed by atoms with Crippen molar-refractivity contribution in [2.24, 2.45) is 0 Å². The summed E-state index contributed by atoms with van der Waals surface area (Å²) in [6, 6.07) is 8.95. The fraction of sp³-hybridized carbons (Fsp3) is 0.0714. The number of nitrogen functional groups attached to an aromatic ring is 1. The summed E-state index contributed by atoms with van der Waals surface area (Å²) in [5.41, 5.74) is 6.61. The van der Waals surface area contributed by atoms with E-state index in [0.29, 0.717) is 27.0 Å². The predicted molar refractivity (Wildman–Crippen MR) is 76.3 cm³/mol. The van der Waals surface area contributed by atoms with Crippen molar-refractivity contribution in [1.29, 1.82) is 5.26 Å². The van der Waals surface area contributed by atoms with Gasteiger partial charge < -0.3 is 10.5 Å². The third kappa shape index (κ3) is 3.13. The second kappa shape index (κ2) is 6.00. The SMILES string of the molecule is N#Cc1ccc(COc2cc(Cl)c(Cl)cc2N)c(F)c1. The van der Waals surface area contributed by atoms with Crippen LogP contribution >= 0.6 is 23.2 Å². The molecule has 0 aromatic heterocycles. The third-order valence-corrected chi connectivity index (χ3v) is 3.34. The highest BCUT2D eigenvalue weighted by Crippen LogP contribution is 2.32. The number of nitrogens with two attached hydrogens (primary N) is 1. The van der Waals surface area contributed by atoms with Crippen molar-refractivity contribution in [1.82, 2.24) is 0 Å². The highest BCUT2D eigenvalue weighted by Gasteiger charge is 2.09. The normalized spacial score (nSPS) is 10.1. The van der Waals surface area contributed by atoms with Crippen LogP contribution in [0.25, 0.3) is 0 Å². The van der Waals surface area contributed by atoms with Crippen molar-refractivity contribution < 1.29 is 9.13 Å². The molecule has 0 fully saturated rings. The fourth-order valence-electron chi connectivity index (χ4n) is 1.56. The van der Waals surface area contributed by atoms with Gasteiger partial charge in [-0.15, -0.1) is 0 Å². The first kappa shape index (κ1) is 14.4. The van der Waals surface area contributed by atoms with Crippen LogP contribution in [0.5, 0.6) is 5.75 Å². The maximum Gasteiger partial charge on any atom is 0.144 e. The molecular weight excluding hydrogens is 302 g/mol. The van der Waals surface area contributed by atoms with Gasteiger partial charge in [-0.05, 0) is 18.2 Å². The summed E-state index contributed by atoms with van der Waals surface area (Å²) in [6.07, 6.45) is 0. The highest BCUT2D eigenvalue weighted by molar-refractivity contribution is 6.42. The molecule has 2 N–H and O–H groups in total. The molecule has 102 valence electrons. The molecule has 2 aromatic carbocycles. The van der Waals surface area contributed by atoms with Crippen LogP contribution in [0.1, 0.15) is 11.1 Å². The molecule has 0 saturated heterocycles. The standard InChI is InChI=1S/C14H9Cl2FN2O/c15-10-4-13(19)14(5-11(10)16)20-7-9-2-1-8(6-18)3-12(9)17/h1-5H,7,19H2. The van der Waals surface area contributed by atoms with Crippen LogP contribution < -0.4 is 10.5 Å². The van der Waals surface area contributed by atoms with E-state index in [9.17, 15) is 4.39 Å². The number of hydrogen-bond donors (Lipinski definition) is 1. The molecule has 2 rings (SSSR count). The minimum Gasteiger partial charge on any atom is -0.487 e. The van der Waals surface area contributed by atoms with Crippen molar-refractivity contribution in [3.63, 3.8) is 0 Å². The van der Waals surface area contributed by atoms with Gasteiger partial charge in [0.2, 0.25) is 0 Å². The predicted octanol–water partition coefficient (Wildman–Crippen LogP) is 4.17. The first-order chi connectivity index (χ1) is 9.51. The van der Waals surface area contributed by atoms with Crippen LogP contribution in [-0.2, 0) is 6.61 Å². The van der Waals surface area contributed by atoms with Crippen LogP contribution in [0.2, 0.25) is 10.0 Å². The number of rotatable bonds is 3. The van der Waals surface area contributed by atoms with E-state index in [2.05, 4.69) is 0 Å². The van der Waals surface area contributed by atoms with E-state index in [-0.39, 0.29) is 12.2 Å². The summed E-state index contributed by atoms with van der Waals surface area (Å²) in [5, 5.41) is 9.28. The smallest absolute Gasteiger partial charge is 0.144 e. The maximum atomic E-state index is 13.7. The molecule has 0 heterocycles. The van der Waals surface area contributed by atoms with E-state index in [0.717, 1.165) is 6.07 Å². The first-order valence-corrected chi connectivity index (χ1v) is 6.32. The summed E-state index contributed by atoms with van der Waals surface area (Å²) in [7, 11) is 0. The minimum atomic E-state index is -0.511. The monoisotopic (exact) mass is 310 g/mol. The molecule has 0 aliphatic rings. The average Bonchev–Trinajstić information content (AvgIpc) is 2.42. The molecule has 0 bridgehead atoms. The van der Waals surface area contributed by atoms with Crippen LogP contribution in [0.15, 0.2) is 30.3 Å². The molecule has 0 unspecified atom stereocenters. The van der Waals surface area contributed by atoms with E-state index in [4.69, 9.17) is 38.9 Å². The lowest BCUT2D eigenvalue weighted by atomic mass is 10.1. The molecule has 0 radical (unpaired) electrons. The highest BCUT2D eigenvalue weighted by atomic mass is 35.5. The average molecular weight is 311 g/mol. The summed E-state index contributed by atoms with van der Waals surface area (Å²) in [4.78, 5) is 0. The Hall–Kier alpha value is -1.96. The first-order valence-electron chi connectivity index (χ1n) is 5.57. The van der Waals surface area contributed by atoms with E-state index in [1.807, 2.05) is 6.07 Å². The Kier molecular flexibility index (Phi) is 4.33. The lowest BCUT2D eigenvalue weighted by Gasteiger charge is -2.10. The molecular formula is C14H9Cl2FN2O. The van der Waals surface area contributed by atoms with Crippen molar-refractivity contribution in [2.45, 2.75) is 6.61 Å². The van der Waals surface area contributed by atoms with Crippen molar-refractivity contribution in [3.05, 3.63) is 57.3 Å². The number of anilines is 1. The summed E-state index contributed by atoms with van der Waals surface area (Å²) in [5.74, 6) is -0.189. The number of ether oxygens (including phenoxy) is 1. The van der Waals surface area contributed by atoms with Gasteiger partial charge in [-0.1, -0.05) is 29.3 Å². The summed E-state index contributed by atoms with van der Waals surface area (Å²) >= 11 is 11.7. The van der Waals surface area contributed by atoms with Crippen LogP contribution in [0, 0.1) is 17.1 Å². The minimum absolute atomic E-state index is 0.0281. The van der Waals surface area contributed by atoms with Crippen molar-refractivity contribution in [3.8, 4) is 11.8 Å². The largest absolute Gasteiger partial charge is 0.487 e. The molecule has 2 aromatic rings. The zero-order valence-electron chi connectivity index (χ0n) is 10.2. The van der Waals surface area contributed by atoms with Gasteiger partial charge in [0, 0.05) is 11.6 Å². The Morgan fingerprint density at radius 3 is 2.55 bits per heavy atom. The van der Waals surface area contributed by atoms with Crippen molar-refractivity contribution >= 4 is 28.9 Å². The second-order valence-electron chi connectivity index (χ2n) is 4.01. The second-order valence-corrected chi connectivity index (χ2v) is 4.83. The van der Waals surface area contributed by atoms with Gasteiger partial charge in [-0.25, -0.2) is 4.39 Å². The Morgan fingerprint density at radius 2 is 1.90 bits per heavy atom. The molecule has 6 heteroatoms. The van der Waals surface area contributed by atoms with Gasteiger partial charge in [0.15, 0.2) is 0 Å². The number of halogens is 3. The zero-order valence-corrected chi connectivity index (χ0v) is 11.7. The lowest BCUT2D eigenvalue weighted by molar-refractivity contribution is 0.301. The third-order valence-electron chi connectivity index (χ3n) is 2.62. The lowest BCUT2D eigenvalue weighted by Crippen LogP contribution is -2.01. The van der Waals surface area contributed by atoms with E-state index in [1.165, 1.54) is 24.3 Å². The van der Waals surface area contributed by atoms with Gasteiger partial charge in [0.25, 0.3) is 0 Å². The van der Waals surface area contributed by atoms with E-state index >= 15 is 0 Å². The Bertz CT molecular complexity index is 698. The number of benzene rings is 2. The zero-order chi connectivity index (χ0) is 14.7. The van der Waals surface area contributed by atoms with Gasteiger partial charge in [0.05, 0.1) is 27.4 Å². The molecule has 0 atom stereocenters. The number of nitriles is 1. The number of nitrogens with zero attached hydrogens (tertiary/aromatic N) is 1. The van der Waals surface area contributed by atoms with E-state index in [1.54, 1.807) is 0 Å². The van der Waals surface area contributed by atoms with Gasteiger partial charge in [-0.2, -0.15) is 5.26 Å². The van der Waals surface area contributed by atoms with Crippen molar-refractivity contribution in [2.75, 3.05) is 5.73 Å². The maximum absolute atomic E-state index is 13.7. The van der Waals surface area contributed by atoms with E-state index < -0.39 is 5.82 Å². The van der Waals surface area contributed by atoms with Gasteiger partial charge in [0.1, 0.15) is 18.2 Å². The Labute approximate surface area is 125 Å². The van der Waals surface area contributed by atoms with Crippen LogP contribution in [0.4, 0.5) is 10.1 Å². The van der Waals surface area contributed by atoms with Crippen LogP contribution in [0.3, 0.4) is 0 Å². The Balaban J connectivity index is 2.17. The number of hydrogen-bond acceptors (Lipinski definition) is 3. The molecule has 20 heavy (non-hydrogen) atoms. The topological polar surface area (TPSA) is 59.0 Å². The molecule has 0 spiro atoms. The molecule has 0 aliphatic carbocycles. The molecule has 0 amide bonds. The van der Waals surface area contributed by atoms with Crippen LogP contribution in [-0.4, -0.2) is 0 Å². The molecule has 3 nitrogen and oxygen atoms in total. The summed E-state index contributed by atoms with van der Waals surface area (Å²) < 4.78 is 19.1. The fourth-order valence-corrected chi connectivity index (χ4v) is 1.88. The van der Waals surface area contributed by atoms with Gasteiger partial charge in [-0.3, -0.25) is 0 Å². The Morgan fingerprint density at radius 1 is 1.20 bits per heavy atom.